The fourth-order valence-electron chi connectivity index (χ4n) is 3.51. The highest BCUT2D eigenvalue weighted by atomic mass is 16.2. The highest BCUT2D eigenvalue weighted by Crippen LogP contribution is 2.27. The van der Waals surface area contributed by atoms with Crippen LogP contribution in [-0.2, 0) is 19.2 Å². The molecule has 1 fully saturated rings. The highest BCUT2D eigenvalue weighted by Gasteiger charge is 2.28. The first-order valence-electron chi connectivity index (χ1n) is 11.1. The van der Waals surface area contributed by atoms with Crippen LogP contribution in [0, 0.1) is 17.8 Å². The van der Waals surface area contributed by atoms with E-state index < -0.39 is 0 Å². The number of carbonyl (C=O) groups excluding carboxylic acids is 4. The zero-order valence-electron chi connectivity index (χ0n) is 18.5. The second-order valence-electron chi connectivity index (χ2n) is 8.82. The van der Waals surface area contributed by atoms with E-state index in [0.717, 1.165) is 25.7 Å². The molecule has 3 amide bonds. The lowest BCUT2D eigenvalue weighted by Crippen LogP contribution is -2.39. The van der Waals surface area contributed by atoms with Crippen molar-refractivity contribution in [2.45, 2.75) is 85.1 Å². The summed E-state index contributed by atoms with van der Waals surface area (Å²) >= 11 is 0. The molecule has 1 aliphatic rings. The van der Waals surface area contributed by atoms with Gasteiger partial charge in [-0.25, -0.2) is 0 Å². The number of hydrogen-bond donors (Lipinski definition) is 3. The summed E-state index contributed by atoms with van der Waals surface area (Å²) < 4.78 is 0. The van der Waals surface area contributed by atoms with Crippen molar-refractivity contribution in [1.29, 1.82) is 0 Å². The Morgan fingerprint density at radius 1 is 0.828 bits per heavy atom. The van der Waals surface area contributed by atoms with E-state index in [2.05, 4.69) is 16.0 Å². The van der Waals surface area contributed by atoms with Crippen LogP contribution in [0.15, 0.2) is 0 Å². The second kappa shape index (κ2) is 13.3. The molecule has 7 nitrogen and oxygen atoms in total. The first-order chi connectivity index (χ1) is 13.7. The fourth-order valence-corrected chi connectivity index (χ4v) is 3.51. The van der Waals surface area contributed by atoms with Crippen molar-refractivity contribution >= 4 is 23.5 Å². The third kappa shape index (κ3) is 11.0. The first kappa shape index (κ1) is 25.1. The third-order valence-electron chi connectivity index (χ3n) is 5.25. The van der Waals surface area contributed by atoms with Gasteiger partial charge in [-0.2, -0.15) is 0 Å². The minimum atomic E-state index is -0.137. The predicted molar refractivity (Wildman–Crippen MR) is 119 cm³/mol. The lowest BCUT2D eigenvalue weighted by molar-refractivity contribution is -0.127. The Labute approximate surface area is 179 Å². The molecule has 29 heavy (non-hydrogen) atoms. The van der Waals surface area contributed by atoms with Crippen LogP contribution in [0.5, 0.6) is 0 Å². The first-order valence-corrected chi connectivity index (χ1v) is 11.1. The average Bonchev–Trinajstić information content (AvgIpc) is 2.66. The van der Waals surface area contributed by atoms with Crippen LogP contribution >= 0.6 is 0 Å². The monoisotopic (exact) mass is 415 g/mol. The Bertz CT molecular complexity index is 567. The van der Waals surface area contributed by atoms with Crippen LogP contribution < -0.4 is 16.0 Å². The normalized spacial score (nSPS) is 19.1. The molecule has 0 saturated heterocycles. The summed E-state index contributed by atoms with van der Waals surface area (Å²) in [5.74, 6) is 0.705. The molecule has 1 rings (SSSR count). The lowest BCUT2D eigenvalue weighted by Gasteiger charge is -2.29. The van der Waals surface area contributed by atoms with Gasteiger partial charge in [0.25, 0.3) is 0 Å². The summed E-state index contributed by atoms with van der Waals surface area (Å²) in [4.78, 5) is 47.5. The zero-order chi connectivity index (χ0) is 21.8. The lowest BCUT2D eigenvalue weighted by atomic mass is 9.80. The number of hydrogen-bond acceptors (Lipinski definition) is 4. The molecule has 0 spiro atoms. The molecule has 172 valence electrons. The van der Waals surface area contributed by atoms with Crippen molar-refractivity contribution in [3.8, 4) is 0 Å². The van der Waals surface area contributed by atoms with Crippen molar-refractivity contribution in [2.24, 2.45) is 17.8 Å². The quantitative estimate of drug-likeness (QED) is 0.455. The Hall–Kier alpha value is -1.92. The summed E-state index contributed by atoms with van der Waals surface area (Å²) in [6.45, 7) is 8.88. The minimum absolute atomic E-state index is 0. The van der Waals surface area contributed by atoms with E-state index in [1.165, 1.54) is 0 Å². The molecule has 0 aromatic carbocycles. The van der Waals surface area contributed by atoms with Gasteiger partial charge < -0.3 is 16.0 Å². The Morgan fingerprint density at radius 2 is 1.41 bits per heavy atom. The average molecular weight is 416 g/mol. The fraction of sp³-hybridized carbons (Fsp3) is 0.818. The van der Waals surface area contributed by atoms with E-state index in [0.29, 0.717) is 37.6 Å². The van der Waals surface area contributed by atoms with E-state index in [4.69, 9.17) is 0 Å². The number of Topliss-reactive ketones (excluding diaryl/α,β-unsaturated/α-hetero) is 1. The molecule has 1 saturated carbocycles. The molecule has 1 aliphatic carbocycles. The van der Waals surface area contributed by atoms with Crippen LogP contribution in [0.1, 0.15) is 83.3 Å². The van der Waals surface area contributed by atoms with Gasteiger partial charge in [0.05, 0.1) is 0 Å². The molecule has 3 N–H and O–H groups in total. The molecular weight excluding hydrogens is 370 g/mol. The van der Waals surface area contributed by atoms with Crippen LogP contribution in [0.3, 0.4) is 0 Å². The van der Waals surface area contributed by atoms with Crippen LogP contribution in [0.25, 0.3) is 0 Å². The third-order valence-corrected chi connectivity index (χ3v) is 5.25. The van der Waals surface area contributed by atoms with Gasteiger partial charge >= 0.3 is 0 Å². The standard InChI is InChI=1S/C22H39N3O4.3H2/c1-15(2)14-24-20(27)12-13-23-19(26)6-5-7-21(28)25-18-10-8-17(9-11-18)22(29)16(3)4;;;/h15-18H,5-14H2,1-4H3,(H,23,26)(H,24,27)(H,25,28);3*1H. The minimum Gasteiger partial charge on any atom is -0.356 e. The molecule has 0 unspecified atom stereocenters. The molecule has 0 atom stereocenters. The molecule has 0 aromatic rings. The summed E-state index contributed by atoms with van der Waals surface area (Å²) in [5, 5.41) is 8.55. The smallest absolute Gasteiger partial charge is 0.221 e. The van der Waals surface area contributed by atoms with Crippen LogP contribution in [0.2, 0.25) is 0 Å². The molecule has 0 aromatic heterocycles. The molecular formula is C22H45N3O4. The highest BCUT2D eigenvalue weighted by molar-refractivity contribution is 5.83. The number of nitrogens with one attached hydrogen (secondary N) is 3. The summed E-state index contributed by atoms with van der Waals surface area (Å²) in [7, 11) is 0. The van der Waals surface area contributed by atoms with Gasteiger partial charge in [-0.15, -0.1) is 0 Å². The van der Waals surface area contributed by atoms with E-state index in [-0.39, 0.29) is 52.7 Å². The topological polar surface area (TPSA) is 104 Å². The van der Waals surface area contributed by atoms with E-state index in [1.54, 1.807) is 0 Å². The maximum absolute atomic E-state index is 12.1. The van der Waals surface area contributed by atoms with Crippen molar-refractivity contribution in [1.82, 2.24) is 16.0 Å². The Balaban J connectivity index is -0.00000280. The molecule has 7 heteroatoms. The van der Waals surface area contributed by atoms with Crippen molar-refractivity contribution in [2.75, 3.05) is 13.1 Å². The van der Waals surface area contributed by atoms with Crippen LogP contribution in [-0.4, -0.2) is 42.6 Å². The van der Waals surface area contributed by atoms with Crippen molar-refractivity contribution in [3.63, 3.8) is 0 Å². The molecule has 0 radical (unpaired) electrons. The number of ketones is 1. The molecule has 0 bridgehead atoms. The van der Waals surface area contributed by atoms with E-state index >= 15 is 0 Å². The summed E-state index contributed by atoms with van der Waals surface area (Å²) in [6.07, 6.45) is 4.70. The van der Waals surface area contributed by atoms with Crippen molar-refractivity contribution in [3.05, 3.63) is 0 Å². The van der Waals surface area contributed by atoms with Gasteiger partial charge in [-0.3, -0.25) is 19.2 Å². The van der Waals surface area contributed by atoms with Gasteiger partial charge in [0.2, 0.25) is 17.7 Å². The van der Waals surface area contributed by atoms with E-state index in [1.807, 2.05) is 27.7 Å². The van der Waals surface area contributed by atoms with Crippen molar-refractivity contribution < 1.29 is 23.5 Å². The maximum Gasteiger partial charge on any atom is 0.221 e. The summed E-state index contributed by atoms with van der Waals surface area (Å²) in [5.41, 5.74) is 0. The molecule has 0 aliphatic heterocycles. The van der Waals surface area contributed by atoms with E-state index in [9.17, 15) is 19.2 Å². The molecule has 0 heterocycles. The predicted octanol–water partition coefficient (Wildman–Crippen LogP) is 3.07. The van der Waals surface area contributed by atoms with Gasteiger partial charge in [-0.05, 0) is 38.0 Å². The van der Waals surface area contributed by atoms with Gasteiger partial charge in [0.15, 0.2) is 0 Å². The van der Waals surface area contributed by atoms with Gasteiger partial charge in [0.1, 0.15) is 5.78 Å². The summed E-state index contributed by atoms with van der Waals surface area (Å²) in [6, 6.07) is 0.136. The number of carbonyl (C=O) groups is 4. The van der Waals surface area contributed by atoms with Crippen LogP contribution in [0.4, 0.5) is 0 Å². The zero-order valence-corrected chi connectivity index (χ0v) is 18.5. The maximum atomic E-state index is 12.1. The Kier molecular flexibility index (Phi) is 11.5. The number of rotatable bonds is 12. The van der Waals surface area contributed by atoms with Gasteiger partial charge in [0, 0.05) is 54.5 Å². The second-order valence-corrected chi connectivity index (χ2v) is 8.82. The largest absolute Gasteiger partial charge is 0.356 e. The Morgan fingerprint density at radius 3 is 2.00 bits per heavy atom. The van der Waals surface area contributed by atoms with Gasteiger partial charge in [-0.1, -0.05) is 27.7 Å². The number of amides is 3. The SMILES string of the molecule is CC(C)CNC(=O)CCNC(=O)CCCC(=O)NC1CCC(C(=O)C(C)C)CC1.[HH].[HH].[HH].